The van der Waals surface area contributed by atoms with Crippen LogP contribution in [-0.4, -0.2) is 48.5 Å². The number of piperidine rings is 1. The topological polar surface area (TPSA) is 58.7 Å². The highest BCUT2D eigenvalue weighted by Crippen LogP contribution is 2.28. The lowest BCUT2D eigenvalue weighted by Crippen LogP contribution is -2.45. The van der Waals surface area contributed by atoms with Gasteiger partial charge in [-0.15, -0.1) is 0 Å². The van der Waals surface area contributed by atoms with Gasteiger partial charge in [0.15, 0.2) is 0 Å². The lowest BCUT2D eigenvalue weighted by molar-refractivity contribution is -0.0172. The first-order chi connectivity index (χ1) is 10.1. The molecular formula is C16H25FN2O2. The van der Waals surface area contributed by atoms with Gasteiger partial charge in [-0.2, -0.15) is 0 Å². The van der Waals surface area contributed by atoms with Crippen LogP contribution in [0.4, 0.5) is 4.39 Å². The molecule has 0 amide bonds. The van der Waals surface area contributed by atoms with Crippen LogP contribution in [-0.2, 0) is 4.74 Å². The molecule has 1 aliphatic heterocycles. The van der Waals surface area contributed by atoms with Gasteiger partial charge < -0.3 is 15.6 Å². The lowest BCUT2D eigenvalue weighted by atomic mass is 9.96. The molecule has 0 aromatic heterocycles. The summed E-state index contributed by atoms with van der Waals surface area (Å²) in [6, 6.07) is 6.66. The summed E-state index contributed by atoms with van der Waals surface area (Å²) >= 11 is 0. The summed E-state index contributed by atoms with van der Waals surface area (Å²) in [6.07, 6.45) is 2.03. The van der Waals surface area contributed by atoms with Crippen molar-refractivity contribution < 1.29 is 14.2 Å². The average molecular weight is 296 g/mol. The number of benzene rings is 1. The number of halogens is 1. The second-order valence-corrected chi connectivity index (χ2v) is 5.69. The number of hydrogen-bond acceptors (Lipinski definition) is 4. The van der Waals surface area contributed by atoms with Crippen molar-refractivity contribution in [3.8, 4) is 0 Å². The number of ether oxygens (including phenoxy) is 1. The van der Waals surface area contributed by atoms with Crippen molar-refractivity contribution in [2.45, 2.75) is 38.0 Å². The number of nitrogens with zero attached hydrogens (tertiary/aromatic N) is 1. The maximum atomic E-state index is 13.5. The number of hydrogen-bond donors (Lipinski definition) is 2. The molecule has 1 heterocycles. The minimum absolute atomic E-state index is 0.0273. The number of nitrogens with two attached hydrogens (primary N) is 1. The van der Waals surface area contributed by atoms with Crippen molar-refractivity contribution in [2.24, 2.45) is 5.73 Å². The number of aliphatic hydroxyl groups is 1. The van der Waals surface area contributed by atoms with Crippen molar-refractivity contribution in [1.29, 1.82) is 0 Å². The van der Waals surface area contributed by atoms with Crippen LogP contribution in [0.1, 0.15) is 31.4 Å². The Hall–Kier alpha value is -1.01. The highest BCUT2D eigenvalue weighted by Gasteiger charge is 2.28. The summed E-state index contributed by atoms with van der Waals surface area (Å²) in [7, 11) is 0. The van der Waals surface area contributed by atoms with E-state index in [-0.39, 0.29) is 30.6 Å². The Morgan fingerprint density at radius 2 is 2.14 bits per heavy atom. The third-order valence-corrected chi connectivity index (χ3v) is 4.00. The minimum Gasteiger partial charge on any atom is -0.394 e. The fraction of sp³-hybridized carbons (Fsp3) is 0.625. The van der Waals surface area contributed by atoms with E-state index < -0.39 is 0 Å². The zero-order chi connectivity index (χ0) is 15.2. The van der Waals surface area contributed by atoms with Gasteiger partial charge in [0.2, 0.25) is 0 Å². The summed E-state index contributed by atoms with van der Waals surface area (Å²) < 4.78 is 19.0. The Labute approximate surface area is 125 Å². The van der Waals surface area contributed by atoms with E-state index in [2.05, 4.69) is 4.90 Å². The fourth-order valence-corrected chi connectivity index (χ4v) is 3.08. The molecule has 2 atom stereocenters. The van der Waals surface area contributed by atoms with Gasteiger partial charge in [-0.25, -0.2) is 4.39 Å². The summed E-state index contributed by atoms with van der Waals surface area (Å²) in [4.78, 5) is 2.30. The van der Waals surface area contributed by atoms with E-state index in [1.165, 1.54) is 6.07 Å². The molecule has 0 saturated carbocycles. The molecule has 1 aromatic rings. The normalized spacial score (nSPS) is 20.4. The zero-order valence-corrected chi connectivity index (χ0v) is 12.5. The third-order valence-electron chi connectivity index (χ3n) is 4.00. The summed E-state index contributed by atoms with van der Waals surface area (Å²) in [5, 5.41) is 8.80. The van der Waals surface area contributed by atoms with Gasteiger partial charge in [-0.1, -0.05) is 12.1 Å². The Balaban J connectivity index is 2.01. The number of rotatable bonds is 6. The van der Waals surface area contributed by atoms with Gasteiger partial charge in [0.1, 0.15) is 5.82 Å². The van der Waals surface area contributed by atoms with E-state index in [9.17, 15) is 4.39 Å². The van der Waals surface area contributed by atoms with Gasteiger partial charge in [0.05, 0.1) is 19.3 Å². The van der Waals surface area contributed by atoms with Crippen molar-refractivity contribution in [3.05, 3.63) is 35.6 Å². The van der Waals surface area contributed by atoms with Crippen molar-refractivity contribution >= 4 is 0 Å². The van der Waals surface area contributed by atoms with Crippen molar-refractivity contribution in [1.82, 2.24) is 4.90 Å². The predicted octanol–water partition coefficient (Wildman–Crippen LogP) is 1.69. The second kappa shape index (κ2) is 7.84. The minimum atomic E-state index is -0.223. The fourth-order valence-electron chi connectivity index (χ4n) is 3.08. The Morgan fingerprint density at radius 3 is 2.71 bits per heavy atom. The van der Waals surface area contributed by atoms with Crippen molar-refractivity contribution in [2.75, 3.05) is 26.3 Å². The molecule has 5 heteroatoms. The van der Waals surface area contributed by atoms with Crippen LogP contribution in [0.15, 0.2) is 24.3 Å². The molecule has 1 saturated heterocycles. The van der Waals surface area contributed by atoms with E-state index in [4.69, 9.17) is 15.6 Å². The second-order valence-electron chi connectivity index (χ2n) is 5.69. The van der Waals surface area contributed by atoms with Gasteiger partial charge in [0, 0.05) is 25.2 Å². The van der Waals surface area contributed by atoms with E-state index in [1.807, 2.05) is 13.0 Å². The molecule has 2 unspecified atom stereocenters. The van der Waals surface area contributed by atoms with Crippen LogP contribution >= 0.6 is 0 Å². The summed E-state index contributed by atoms with van der Waals surface area (Å²) in [5.74, 6) is -0.223. The predicted molar refractivity (Wildman–Crippen MR) is 80.4 cm³/mol. The molecule has 0 bridgehead atoms. The Kier molecular flexibility index (Phi) is 6.11. The summed E-state index contributed by atoms with van der Waals surface area (Å²) in [5.41, 5.74) is 7.07. The van der Waals surface area contributed by atoms with Crippen molar-refractivity contribution in [3.63, 3.8) is 0 Å². The van der Waals surface area contributed by atoms with Crippen LogP contribution in [0.3, 0.4) is 0 Å². The SMILES string of the molecule is CC(N)C(c1cccc(F)c1)N1CCC(OCCO)CC1. The van der Waals surface area contributed by atoms with E-state index >= 15 is 0 Å². The maximum absolute atomic E-state index is 13.5. The molecule has 21 heavy (non-hydrogen) atoms. The first-order valence-corrected chi connectivity index (χ1v) is 7.59. The van der Waals surface area contributed by atoms with Crippen LogP contribution in [0.2, 0.25) is 0 Å². The van der Waals surface area contributed by atoms with Crippen LogP contribution in [0, 0.1) is 5.82 Å². The summed E-state index contributed by atoms with van der Waals surface area (Å²) in [6.45, 7) is 4.17. The van der Waals surface area contributed by atoms with Crippen LogP contribution in [0.5, 0.6) is 0 Å². The first-order valence-electron chi connectivity index (χ1n) is 7.59. The van der Waals surface area contributed by atoms with E-state index in [0.29, 0.717) is 6.61 Å². The zero-order valence-electron chi connectivity index (χ0n) is 12.5. The molecule has 0 radical (unpaired) electrons. The van der Waals surface area contributed by atoms with Gasteiger partial charge in [-0.3, -0.25) is 4.90 Å². The lowest BCUT2D eigenvalue weighted by Gasteiger charge is -2.39. The molecular weight excluding hydrogens is 271 g/mol. The van der Waals surface area contributed by atoms with Crippen LogP contribution < -0.4 is 5.73 Å². The average Bonchev–Trinajstić information content (AvgIpc) is 2.46. The highest BCUT2D eigenvalue weighted by atomic mass is 19.1. The molecule has 4 nitrogen and oxygen atoms in total. The largest absolute Gasteiger partial charge is 0.394 e. The number of aliphatic hydroxyl groups excluding tert-OH is 1. The van der Waals surface area contributed by atoms with E-state index in [1.54, 1.807) is 12.1 Å². The maximum Gasteiger partial charge on any atom is 0.123 e. The van der Waals surface area contributed by atoms with Crippen LogP contribution in [0.25, 0.3) is 0 Å². The molecule has 1 aliphatic rings. The smallest absolute Gasteiger partial charge is 0.123 e. The molecule has 0 spiro atoms. The van der Waals surface area contributed by atoms with Gasteiger partial charge in [-0.05, 0) is 37.5 Å². The number of likely N-dealkylation sites (tertiary alicyclic amines) is 1. The molecule has 0 aliphatic carbocycles. The van der Waals surface area contributed by atoms with Gasteiger partial charge >= 0.3 is 0 Å². The first kappa shape index (κ1) is 16.4. The molecule has 3 N–H and O–H groups in total. The third kappa shape index (κ3) is 4.48. The Bertz CT molecular complexity index is 434. The molecule has 118 valence electrons. The highest BCUT2D eigenvalue weighted by molar-refractivity contribution is 5.22. The van der Waals surface area contributed by atoms with E-state index in [0.717, 1.165) is 31.5 Å². The Morgan fingerprint density at radius 1 is 1.43 bits per heavy atom. The standard InChI is InChI=1S/C16H25FN2O2/c1-12(18)16(13-3-2-4-14(17)11-13)19-7-5-15(6-8-19)21-10-9-20/h2-4,11-12,15-16,20H,5-10,18H2,1H3. The molecule has 2 rings (SSSR count). The van der Waals surface area contributed by atoms with Gasteiger partial charge in [0.25, 0.3) is 0 Å². The molecule has 1 aromatic carbocycles. The molecule has 1 fully saturated rings. The quantitative estimate of drug-likeness (QED) is 0.838. The monoisotopic (exact) mass is 296 g/mol.